The van der Waals surface area contributed by atoms with E-state index in [-0.39, 0.29) is 31.1 Å². The molecular weight excluding hydrogens is 937 g/mol. The van der Waals surface area contributed by atoms with Crippen LogP contribution in [-0.4, -0.2) is 37.2 Å². The van der Waals surface area contributed by atoms with E-state index in [1.54, 1.807) is 0 Å². The molecule has 0 spiro atoms. The molecule has 0 bridgehead atoms. The number of ether oxygens (including phenoxy) is 3. The van der Waals surface area contributed by atoms with E-state index < -0.39 is 6.10 Å². The summed E-state index contributed by atoms with van der Waals surface area (Å²) in [6.45, 7) is 6.50. The van der Waals surface area contributed by atoms with Crippen molar-refractivity contribution in [2.75, 3.05) is 13.2 Å². The molecule has 0 saturated carbocycles. The summed E-state index contributed by atoms with van der Waals surface area (Å²) in [5.41, 5.74) is 0. The second kappa shape index (κ2) is 63.6. The summed E-state index contributed by atoms with van der Waals surface area (Å²) in [7, 11) is 0. The van der Waals surface area contributed by atoms with E-state index >= 15 is 0 Å². The van der Waals surface area contributed by atoms with Gasteiger partial charge in [-0.05, 0) is 128 Å². The molecule has 0 N–H and O–H groups in total. The lowest BCUT2D eigenvalue weighted by Crippen LogP contribution is -2.30. The first-order valence-electron chi connectivity index (χ1n) is 31.9. The van der Waals surface area contributed by atoms with E-state index in [9.17, 15) is 14.4 Å². The molecule has 0 saturated heterocycles. The fourth-order valence-corrected chi connectivity index (χ4v) is 8.71. The number of rotatable bonds is 57. The maximum Gasteiger partial charge on any atom is 0.306 e. The molecule has 0 aromatic rings. The summed E-state index contributed by atoms with van der Waals surface area (Å²) in [6, 6.07) is 0. The molecule has 0 radical (unpaired) electrons. The van der Waals surface area contributed by atoms with Crippen molar-refractivity contribution in [1.82, 2.24) is 0 Å². The Balaban J connectivity index is 4.34. The standard InChI is InChI=1S/C70H118O6/c1-4-7-10-13-16-19-22-25-28-29-30-31-32-33-34-35-36-37-38-39-40-41-43-45-48-51-54-57-60-63-69(72)75-66-67(65-74-68(71)62-59-56-53-50-47-44-27-24-21-18-15-12-9-6-3)76-70(73)64-61-58-55-52-49-46-42-26-23-20-17-14-11-8-5-2/h7,10,16,19,24-28,30-31,33-34,36-37,39-40,42,67H,4-6,8-9,11-15,17-18,20-23,29,32,35,38,41,43-66H2,1-3H3/b10-7-,19-16-,27-24-,28-25-,31-30-,34-33-,37-36-,40-39-,42-26-. The predicted molar refractivity (Wildman–Crippen MR) is 330 cm³/mol. The quantitative estimate of drug-likeness (QED) is 0.0261. The van der Waals surface area contributed by atoms with Gasteiger partial charge < -0.3 is 14.2 Å². The van der Waals surface area contributed by atoms with Gasteiger partial charge in [-0.15, -0.1) is 0 Å². The Morgan fingerprint density at radius 3 is 0.816 bits per heavy atom. The van der Waals surface area contributed by atoms with Crippen LogP contribution in [0.3, 0.4) is 0 Å². The minimum Gasteiger partial charge on any atom is -0.462 e. The highest BCUT2D eigenvalue weighted by Gasteiger charge is 2.19. The van der Waals surface area contributed by atoms with Gasteiger partial charge in [-0.25, -0.2) is 0 Å². The Hall–Kier alpha value is -3.93. The molecule has 0 aliphatic rings. The van der Waals surface area contributed by atoms with Gasteiger partial charge in [-0.3, -0.25) is 14.4 Å². The number of allylic oxidation sites excluding steroid dienone is 18. The Bertz CT molecular complexity index is 1540. The summed E-state index contributed by atoms with van der Waals surface area (Å²) in [5, 5.41) is 0. The minimum atomic E-state index is -0.792. The second-order valence-corrected chi connectivity index (χ2v) is 20.9. The van der Waals surface area contributed by atoms with Crippen LogP contribution in [0.25, 0.3) is 0 Å². The number of hydrogen-bond acceptors (Lipinski definition) is 6. The monoisotopic (exact) mass is 1050 g/mol. The lowest BCUT2D eigenvalue weighted by atomic mass is 10.1. The van der Waals surface area contributed by atoms with E-state index in [0.29, 0.717) is 19.3 Å². The molecule has 6 heteroatoms. The normalized spacial score (nSPS) is 12.8. The van der Waals surface area contributed by atoms with Gasteiger partial charge in [-0.2, -0.15) is 0 Å². The molecule has 0 heterocycles. The number of unbranched alkanes of at least 4 members (excludes halogenated alkanes) is 28. The van der Waals surface area contributed by atoms with Crippen molar-refractivity contribution in [3.8, 4) is 0 Å². The molecule has 76 heavy (non-hydrogen) atoms. The molecule has 1 atom stereocenters. The molecule has 434 valence electrons. The predicted octanol–water partition coefficient (Wildman–Crippen LogP) is 21.8. The largest absolute Gasteiger partial charge is 0.462 e. The fraction of sp³-hybridized carbons (Fsp3) is 0.700. The number of carbonyl (C=O) groups is 3. The Kier molecular flexibility index (Phi) is 60.3. The van der Waals surface area contributed by atoms with Crippen LogP contribution >= 0.6 is 0 Å². The molecule has 0 aliphatic heterocycles. The third-order valence-corrected chi connectivity index (χ3v) is 13.5. The molecule has 0 rings (SSSR count). The summed E-state index contributed by atoms with van der Waals surface area (Å²) >= 11 is 0. The lowest BCUT2D eigenvalue weighted by molar-refractivity contribution is -0.167. The van der Waals surface area contributed by atoms with Crippen LogP contribution in [0, 0.1) is 0 Å². The van der Waals surface area contributed by atoms with Crippen LogP contribution in [0.5, 0.6) is 0 Å². The van der Waals surface area contributed by atoms with Crippen molar-refractivity contribution >= 4 is 17.9 Å². The molecule has 0 aromatic heterocycles. The van der Waals surface area contributed by atoms with Gasteiger partial charge in [0.15, 0.2) is 6.10 Å². The van der Waals surface area contributed by atoms with Crippen molar-refractivity contribution in [2.45, 2.75) is 303 Å². The summed E-state index contributed by atoms with van der Waals surface area (Å²) in [6.07, 6.45) is 86.6. The maximum absolute atomic E-state index is 12.9. The topological polar surface area (TPSA) is 78.9 Å². The number of carbonyl (C=O) groups excluding carboxylic acids is 3. The highest BCUT2D eigenvalue weighted by atomic mass is 16.6. The highest BCUT2D eigenvalue weighted by Crippen LogP contribution is 2.15. The highest BCUT2D eigenvalue weighted by molar-refractivity contribution is 5.71. The molecular formula is C70H118O6. The van der Waals surface area contributed by atoms with Gasteiger partial charge in [0, 0.05) is 19.3 Å². The SMILES string of the molecule is CC/C=C\C/C=C\C/C=C\C/C=C\C/C=C\C/C=C\C/C=C\CCCCCCCCCC(=O)OCC(COC(=O)CCCCCCC/C=C\CCCCCCC)OC(=O)CCCCCCC/C=C\CCCCCCCC. The zero-order valence-electron chi connectivity index (χ0n) is 49.7. The zero-order chi connectivity index (χ0) is 55.0. The summed E-state index contributed by atoms with van der Waals surface area (Å²) in [5.74, 6) is -0.911. The first kappa shape index (κ1) is 72.1. The van der Waals surface area contributed by atoms with Crippen LogP contribution in [0.2, 0.25) is 0 Å². The maximum atomic E-state index is 12.9. The Morgan fingerprint density at radius 1 is 0.276 bits per heavy atom. The first-order chi connectivity index (χ1) is 37.5. The van der Waals surface area contributed by atoms with Crippen molar-refractivity contribution in [1.29, 1.82) is 0 Å². The Morgan fingerprint density at radius 2 is 0.513 bits per heavy atom. The molecule has 6 nitrogen and oxygen atoms in total. The van der Waals surface area contributed by atoms with Gasteiger partial charge in [0.2, 0.25) is 0 Å². The second-order valence-electron chi connectivity index (χ2n) is 20.9. The van der Waals surface area contributed by atoms with Gasteiger partial charge >= 0.3 is 17.9 Å². The van der Waals surface area contributed by atoms with Crippen LogP contribution < -0.4 is 0 Å². The average Bonchev–Trinajstić information content (AvgIpc) is 3.42. The molecule has 0 aliphatic carbocycles. The minimum absolute atomic E-state index is 0.0889. The van der Waals surface area contributed by atoms with E-state index in [4.69, 9.17) is 14.2 Å². The lowest BCUT2D eigenvalue weighted by Gasteiger charge is -2.18. The van der Waals surface area contributed by atoms with Crippen molar-refractivity contribution < 1.29 is 28.6 Å². The van der Waals surface area contributed by atoms with Crippen LogP contribution in [0.4, 0.5) is 0 Å². The van der Waals surface area contributed by atoms with E-state index in [1.165, 1.54) is 128 Å². The van der Waals surface area contributed by atoms with E-state index in [1.807, 2.05) is 0 Å². The first-order valence-corrected chi connectivity index (χ1v) is 31.9. The molecule has 0 fully saturated rings. The van der Waals surface area contributed by atoms with Crippen molar-refractivity contribution in [3.05, 3.63) is 109 Å². The van der Waals surface area contributed by atoms with Gasteiger partial charge in [-0.1, -0.05) is 259 Å². The van der Waals surface area contributed by atoms with Crippen LogP contribution in [0.15, 0.2) is 109 Å². The average molecular weight is 1060 g/mol. The Labute approximate surface area is 470 Å². The summed E-state index contributed by atoms with van der Waals surface area (Å²) < 4.78 is 16.9. The molecule has 0 amide bonds. The smallest absolute Gasteiger partial charge is 0.306 e. The van der Waals surface area contributed by atoms with E-state index in [0.717, 1.165) is 128 Å². The van der Waals surface area contributed by atoms with Gasteiger partial charge in [0.1, 0.15) is 13.2 Å². The van der Waals surface area contributed by atoms with Crippen molar-refractivity contribution in [3.63, 3.8) is 0 Å². The fourth-order valence-electron chi connectivity index (χ4n) is 8.71. The zero-order valence-corrected chi connectivity index (χ0v) is 49.7. The molecule has 0 aromatic carbocycles. The molecule has 1 unspecified atom stereocenters. The van der Waals surface area contributed by atoms with Crippen molar-refractivity contribution in [2.24, 2.45) is 0 Å². The third-order valence-electron chi connectivity index (χ3n) is 13.5. The number of hydrogen-bond donors (Lipinski definition) is 0. The van der Waals surface area contributed by atoms with Gasteiger partial charge in [0.25, 0.3) is 0 Å². The third kappa shape index (κ3) is 60.9. The van der Waals surface area contributed by atoms with E-state index in [2.05, 4.69) is 130 Å². The number of esters is 3. The van der Waals surface area contributed by atoms with Crippen LogP contribution in [-0.2, 0) is 28.6 Å². The van der Waals surface area contributed by atoms with Crippen LogP contribution in [0.1, 0.15) is 297 Å². The van der Waals surface area contributed by atoms with Gasteiger partial charge in [0.05, 0.1) is 0 Å². The summed E-state index contributed by atoms with van der Waals surface area (Å²) in [4.78, 5) is 38.3.